The van der Waals surface area contributed by atoms with Crippen LogP contribution < -0.4 is 5.32 Å². The van der Waals surface area contributed by atoms with E-state index < -0.39 is 0 Å². The minimum absolute atomic E-state index is 0.0724. The summed E-state index contributed by atoms with van der Waals surface area (Å²) in [6.45, 7) is 12.5. The summed E-state index contributed by atoms with van der Waals surface area (Å²) in [6.07, 6.45) is 2.41. The first-order valence-corrected chi connectivity index (χ1v) is 7.28. The molecule has 19 heavy (non-hydrogen) atoms. The molecule has 1 aliphatic heterocycles. The standard InChI is InChI=1S/C14H26N4O/c1-5-18(11-6-8-15-9-7-11)10-12-16-13(19-17-12)14(2,3)4/h11,15H,5-10H2,1-4H3. The van der Waals surface area contributed by atoms with Crippen molar-refractivity contribution in [2.75, 3.05) is 19.6 Å². The Morgan fingerprint density at radius 2 is 2.00 bits per heavy atom. The molecule has 0 saturated carbocycles. The molecule has 108 valence electrons. The largest absolute Gasteiger partial charge is 0.339 e. The number of aromatic nitrogens is 2. The maximum atomic E-state index is 5.36. The van der Waals surface area contributed by atoms with E-state index in [4.69, 9.17) is 4.52 Å². The van der Waals surface area contributed by atoms with Gasteiger partial charge >= 0.3 is 0 Å². The summed E-state index contributed by atoms with van der Waals surface area (Å²) in [5.74, 6) is 1.54. The van der Waals surface area contributed by atoms with Crippen molar-refractivity contribution in [2.24, 2.45) is 0 Å². The second-order valence-corrected chi connectivity index (χ2v) is 6.31. The van der Waals surface area contributed by atoms with Gasteiger partial charge in [0, 0.05) is 11.5 Å². The summed E-state index contributed by atoms with van der Waals surface area (Å²) in [4.78, 5) is 6.99. The van der Waals surface area contributed by atoms with Crippen LogP contribution in [0.15, 0.2) is 4.52 Å². The molecule has 0 aliphatic carbocycles. The van der Waals surface area contributed by atoms with Crippen molar-refractivity contribution in [3.63, 3.8) is 0 Å². The SMILES string of the molecule is CCN(Cc1noc(C(C)(C)C)n1)C1CCNCC1. The Bertz CT molecular complexity index is 390. The molecular formula is C14H26N4O. The molecule has 0 unspecified atom stereocenters. The third kappa shape index (κ3) is 3.76. The van der Waals surface area contributed by atoms with Gasteiger partial charge in [-0.05, 0) is 32.5 Å². The summed E-state index contributed by atoms with van der Waals surface area (Å²) in [7, 11) is 0. The molecule has 0 atom stereocenters. The van der Waals surface area contributed by atoms with E-state index in [0.29, 0.717) is 6.04 Å². The van der Waals surface area contributed by atoms with Crippen molar-refractivity contribution < 1.29 is 4.52 Å². The number of nitrogens with zero attached hydrogens (tertiary/aromatic N) is 3. The van der Waals surface area contributed by atoms with Crippen LogP contribution in [0.5, 0.6) is 0 Å². The molecule has 2 rings (SSSR count). The van der Waals surface area contributed by atoms with Crippen LogP contribution in [0.4, 0.5) is 0 Å². The number of nitrogens with one attached hydrogen (secondary N) is 1. The first kappa shape index (κ1) is 14.5. The Morgan fingerprint density at radius 1 is 1.32 bits per heavy atom. The Kier molecular flexibility index (Phi) is 4.58. The molecule has 1 fully saturated rings. The Labute approximate surface area is 115 Å². The normalized spacial score (nSPS) is 18.2. The van der Waals surface area contributed by atoms with Crippen LogP contribution in [0.25, 0.3) is 0 Å². The van der Waals surface area contributed by atoms with Crippen molar-refractivity contribution in [2.45, 2.75) is 58.5 Å². The van der Waals surface area contributed by atoms with Crippen LogP contribution in [-0.4, -0.2) is 40.7 Å². The lowest BCUT2D eigenvalue weighted by Gasteiger charge is -2.32. The van der Waals surface area contributed by atoms with Gasteiger partial charge in [0.05, 0.1) is 6.54 Å². The monoisotopic (exact) mass is 266 g/mol. The van der Waals surface area contributed by atoms with Gasteiger partial charge in [-0.25, -0.2) is 0 Å². The lowest BCUT2D eigenvalue weighted by Crippen LogP contribution is -2.42. The van der Waals surface area contributed by atoms with Gasteiger partial charge in [0.15, 0.2) is 5.82 Å². The van der Waals surface area contributed by atoms with Gasteiger partial charge in [0.1, 0.15) is 0 Å². The zero-order valence-electron chi connectivity index (χ0n) is 12.6. The van der Waals surface area contributed by atoms with Crippen LogP contribution in [0.2, 0.25) is 0 Å². The lowest BCUT2D eigenvalue weighted by molar-refractivity contribution is 0.157. The van der Waals surface area contributed by atoms with Gasteiger partial charge in [-0.3, -0.25) is 4.90 Å². The van der Waals surface area contributed by atoms with Crippen molar-refractivity contribution >= 4 is 0 Å². The molecule has 1 aliphatic rings. The Balaban J connectivity index is 1.99. The molecule has 1 N–H and O–H groups in total. The predicted molar refractivity (Wildman–Crippen MR) is 75.0 cm³/mol. The van der Waals surface area contributed by atoms with Crippen LogP contribution in [0, 0.1) is 0 Å². The molecule has 0 aromatic carbocycles. The average Bonchev–Trinajstić information content (AvgIpc) is 2.85. The van der Waals surface area contributed by atoms with Gasteiger partial charge in [-0.1, -0.05) is 32.9 Å². The Hall–Kier alpha value is -0.940. The van der Waals surface area contributed by atoms with E-state index in [1.54, 1.807) is 0 Å². The van der Waals surface area contributed by atoms with Crippen LogP contribution in [0.3, 0.4) is 0 Å². The fraction of sp³-hybridized carbons (Fsp3) is 0.857. The Morgan fingerprint density at radius 3 is 2.53 bits per heavy atom. The summed E-state index contributed by atoms with van der Waals surface area (Å²) in [5, 5.41) is 7.53. The van der Waals surface area contributed by atoms with Gasteiger partial charge < -0.3 is 9.84 Å². The molecule has 0 bridgehead atoms. The summed E-state index contributed by atoms with van der Waals surface area (Å²) in [6, 6.07) is 0.642. The zero-order chi connectivity index (χ0) is 13.9. The topological polar surface area (TPSA) is 54.2 Å². The molecule has 0 radical (unpaired) electrons. The summed E-state index contributed by atoms with van der Waals surface area (Å²) in [5.41, 5.74) is -0.0724. The molecule has 1 aromatic heterocycles. The van der Waals surface area contributed by atoms with Crippen LogP contribution in [0.1, 0.15) is 52.3 Å². The minimum atomic E-state index is -0.0724. The minimum Gasteiger partial charge on any atom is -0.339 e. The highest BCUT2D eigenvalue weighted by Gasteiger charge is 2.24. The summed E-state index contributed by atoms with van der Waals surface area (Å²) < 4.78 is 5.36. The highest BCUT2D eigenvalue weighted by atomic mass is 16.5. The van der Waals surface area contributed by atoms with E-state index in [-0.39, 0.29) is 5.41 Å². The van der Waals surface area contributed by atoms with Gasteiger partial charge in [0.2, 0.25) is 5.89 Å². The van der Waals surface area contributed by atoms with Gasteiger partial charge in [-0.2, -0.15) is 4.98 Å². The van der Waals surface area contributed by atoms with Crippen molar-refractivity contribution in [3.8, 4) is 0 Å². The van der Waals surface area contributed by atoms with E-state index in [1.807, 2.05) is 0 Å². The van der Waals surface area contributed by atoms with E-state index >= 15 is 0 Å². The fourth-order valence-corrected chi connectivity index (χ4v) is 2.48. The molecule has 1 aromatic rings. The maximum Gasteiger partial charge on any atom is 0.232 e. The number of rotatable bonds is 4. The van der Waals surface area contributed by atoms with E-state index in [0.717, 1.165) is 37.9 Å². The highest BCUT2D eigenvalue weighted by molar-refractivity contribution is 4.98. The fourth-order valence-electron chi connectivity index (χ4n) is 2.48. The van der Waals surface area contributed by atoms with Crippen LogP contribution >= 0.6 is 0 Å². The molecule has 1 saturated heterocycles. The second kappa shape index (κ2) is 6.01. The molecule has 5 nitrogen and oxygen atoms in total. The summed E-state index contributed by atoms with van der Waals surface area (Å²) >= 11 is 0. The number of hydrogen-bond acceptors (Lipinski definition) is 5. The molecule has 2 heterocycles. The van der Waals surface area contributed by atoms with E-state index in [2.05, 4.69) is 48.1 Å². The first-order chi connectivity index (χ1) is 9.00. The molecule has 5 heteroatoms. The molecule has 0 spiro atoms. The van der Waals surface area contributed by atoms with E-state index in [9.17, 15) is 0 Å². The first-order valence-electron chi connectivity index (χ1n) is 7.28. The van der Waals surface area contributed by atoms with Crippen LogP contribution in [-0.2, 0) is 12.0 Å². The van der Waals surface area contributed by atoms with Gasteiger partial charge in [0.25, 0.3) is 0 Å². The number of hydrogen-bond donors (Lipinski definition) is 1. The number of piperidine rings is 1. The smallest absolute Gasteiger partial charge is 0.232 e. The zero-order valence-corrected chi connectivity index (χ0v) is 12.6. The second-order valence-electron chi connectivity index (χ2n) is 6.31. The predicted octanol–water partition coefficient (Wildman–Crippen LogP) is 1.94. The lowest BCUT2D eigenvalue weighted by atomic mass is 9.97. The maximum absolute atomic E-state index is 5.36. The third-order valence-electron chi connectivity index (χ3n) is 3.69. The molecular weight excluding hydrogens is 240 g/mol. The molecule has 0 amide bonds. The van der Waals surface area contributed by atoms with E-state index in [1.165, 1.54) is 12.8 Å². The van der Waals surface area contributed by atoms with Crippen molar-refractivity contribution in [1.29, 1.82) is 0 Å². The van der Waals surface area contributed by atoms with Crippen molar-refractivity contribution in [3.05, 3.63) is 11.7 Å². The van der Waals surface area contributed by atoms with Crippen molar-refractivity contribution in [1.82, 2.24) is 20.4 Å². The highest BCUT2D eigenvalue weighted by Crippen LogP contribution is 2.21. The average molecular weight is 266 g/mol. The third-order valence-corrected chi connectivity index (χ3v) is 3.69. The van der Waals surface area contributed by atoms with Gasteiger partial charge in [-0.15, -0.1) is 0 Å². The quantitative estimate of drug-likeness (QED) is 0.902.